The van der Waals surface area contributed by atoms with Crippen LogP contribution in [0.1, 0.15) is 13.3 Å². The summed E-state index contributed by atoms with van der Waals surface area (Å²) in [6.45, 7) is 5.49. The van der Waals surface area contributed by atoms with E-state index in [1.54, 1.807) is 17.0 Å². The van der Waals surface area contributed by atoms with E-state index in [0.717, 1.165) is 0 Å². The average Bonchev–Trinajstić information content (AvgIpc) is 2.96. The average molecular weight is 319 g/mol. The largest absolute Gasteiger partial charge is 0.366 e. The van der Waals surface area contributed by atoms with Gasteiger partial charge in [0.05, 0.1) is 11.6 Å². The first-order valence-corrected chi connectivity index (χ1v) is 8.16. The van der Waals surface area contributed by atoms with Crippen LogP contribution in [0.15, 0.2) is 24.3 Å². The lowest BCUT2D eigenvalue weighted by Crippen LogP contribution is -2.51. The molecule has 2 heterocycles. The monoisotopic (exact) mass is 319 g/mol. The number of hydrogen-bond donors (Lipinski definition) is 0. The van der Waals surface area contributed by atoms with E-state index >= 15 is 0 Å². The number of amides is 2. The fourth-order valence-corrected chi connectivity index (χ4v) is 3.38. The molecule has 1 unspecified atom stereocenters. The van der Waals surface area contributed by atoms with Crippen LogP contribution < -0.4 is 4.90 Å². The van der Waals surface area contributed by atoms with Crippen LogP contribution in [0, 0.1) is 11.7 Å². The second-order valence-corrected chi connectivity index (χ2v) is 6.10. The smallest absolute Gasteiger partial charge is 0.228 e. The predicted molar refractivity (Wildman–Crippen MR) is 85.6 cm³/mol. The molecule has 0 N–H and O–H groups in total. The molecule has 2 fully saturated rings. The van der Waals surface area contributed by atoms with Crippen molar-refractivity contribution in [3.8, 4) is 0 Å². The van der Waals surface area contributed by atoms with Gasteiger partial charge in [0.25, 0.3) is 0 Å². The third-order valence-corrected chi connectivity index (χ3v) is 4.73. The second kappa shape index (κ2) is 6.56. The molecule has 0 aromatic heterocycles. The minimum atomic E-state index is -0.229. The van der Waals surface area contributed by atoms with Gasteiger partial charge >= 0.3 is 0 Å². The molecule has 0 aliphatic carbocycles. The van der Waals surface area contributed by atoms with E-state index in [2.05, 4.69) is 0 Å². The normalized spacial score (nSPS) is 21.9. The van der Waals surface area contributed by atoms with Crippen molar-refractivity contribution >= 4 is 17.5 Å². The van der Waals surface area contributed by atoms with Crippen molar-refractivity contribution in [2.45, 2.75) is 13.3 Å². The van der Waals surface area contributed by atoms with Gasteiger partial charge in [0.1, 0.15) is 5.82 Å². The first-order chi connectivity index (χ1) is 11.1. The quantitative estimate of drug-likeness (QED) is 0.844. The number of nitrogens with zero attached hydrogens (tertiary/aromatic N) is 3. The maximum Gasteiger partial charge on any atom is 0.228 e. The van der Waals surface area contributed by atoms with Crippen molar-refractivity contribution < 1.29 is 14.0 Å². The number of rotatable bonds is 3. The molecule has 2 aliphatic heterocycles. The van der Waals surface area contributed by atoms with Crippen LogP contribution in [-0.4, -0.2) is 60.9 Å². The summed E-state index contributed by atoms with van der Waals surface area (Å²) in [5.41, 5.74) is 0.591. The first kappa shape index (κ1) is 15.8. The van der Waals surface area contributed by atoms with Crippen molar-refractivity contribution in [1.82, 2.24) is 9.80 Å². The molecule has 3 rings (SSSR count). The van der Waals surface area contributed by atoms with E-state index < -0.39 is 0 Å². The van der Waals surface area contributed by atoms with Gasteiger partial charge in [-0.1, -0.05) is 12.1 Å². The van der Waals surface area contributed by atoms with Gasteiger partial charge in [0.2, 0.25) is 11.8 Å². The molecule has 6 heteroatoms. The number of carbonyl (C=O) groups excluding carboxylic acids is 2. The summed E-state index contributed by atoms with van der Waals surface area (Å²) < 4.78 is 13.8. The van der Waals surface area contributed by atoms with Crippen LogP contribution in [0.2, 0.25) is 0 Å². The number of piperazine rings is 1. The summed E-state index contributed by atoms with van der Waals surface area (Å²) in [5.74, 6) is -0.326. The number of benzene rings is 1. The highest BCUT2D eigenvalue weighted by molar-refractivity contribution is 5.89. The van der Waals surface area contributed by atoms with Crippen LogP contribution in [0.4, 0.5) is 10.1 Å². The van der Waals surface area contributed by atoms with Gasteiger partial charge in [-0.25, -0.2) is 4.39 Å². The highest BCUT2D eigenvalue weighted by Gasteiger charge is 2.36. The molecule has 1 aromatic rings. The highest BCUT2D eigenvalue weighted by Crippen LogP contribution is 2.23. The number of anilines is 1. The van der Waals surface area contributed by atoms with Crippen LogP contribution in [-0.2, 0) is 9.59 Å². The minimum Gasteiger partial charge on any atom is -0.366 e. The molecule has 0 bridgehead atoms. The molecule has 1 aromatic carbocycles. The van der Waals surface area contributed by atoms with Gasteiger partial charge in [-0.15, -0.1) is 0 Å². The Bertz CT molecular complexity index is 599. The van der Waals surface area contributed by atoms with Crippen LogP contribution in [0.25, 0.3) is 0 Å². The van der Waals surface area contributed by atoms with Crippen LogP contribution in [0.5, 0.6) is 0 Å². The van der Waals surface area contributed by atoms with E-state index in [4.69, 9.17) is 0 Å². The number of para-hydroxylation sites is 1. The molecule has 2 amide bonds. The zero-order chi connectivity index (χ0) is 16.4. The van der Waals surface area contributed by atoms with Gasteiger partial charge < -0.3 is 14.7 Å². The topological polar surface area (TPSA) is 43.9 Å². The van der Waals surface area contributed by atoms with Crippen molar-refractivity contribution in [2.75, 3.05) is 44.2 Å². The molecular weight excluding hydrogens is 297 g/mol. The Morgan fingerprint density at radius 1 is 1.22 bits per heavy atom. The summed E-state index contributed by atoms with van der Waals surface area (Å²) in [5, 5.41) is 0. The van der Waals surface area contributed by atoms with E-state index in [1.807, 2.05) is 22.8 Å². The fourth-order valence-electron chi connectivity index (χ4n) is 3.38. The summed E-state index contributed by atoms with van der Waals surface area (Å²) in [4.78, 5) is 29.9. The Balaban J connectivity index is 1.58. The third-order valence-electron chi connectivity index (χ3n) is 4.73. The molecule has 1 atom stereocenters. The maximum atomic E-state index is 13.8. The van der Waals surface area contributed by atoms with Gasteiger partial charge in [0, 0.05) is 45.7 Å². The Labute approximate surface area is 135 Å². The van der Waals surface area contributed by atoms with Crippen molar-refractivity contribution in [2.24, 2.45) is 5.92 Å². The molecule has 124 valence electrons. The van der Waals surface area contributed by atoms with Crippen molar-refractivity contribution in [3.05, 3.63) is 30.1 Å². The Hall–Kier alpha value is -2.11. The molecule has 2 aliphatic rings. The molecule has 0 saturated carbocycles. The van der Waals surface area contributed by atoms with Gasteiger partial charge in [0.15, 0.2) is 0 Å². The van der Waals surface area contributed by atoms with Gasteiger partial charge in [-0.3, -0.25) is 9.59 Å². The zero-order valence-electron chi connectivity index (χ0n) is 13.4. The minimum absolute atomic E-state index is 0.0579. The molecule has 0 radical (unpaired) electrons. The van der Waals surface area contributed by atoms with E-state index in [0.29, 0.717) is 51.4 Å². The lowest BCUT2D eigenvalue weighted by molar-refractivity contribution is -0.136. The first-order valence-electron chi connectivity index (χ1n) is 8.16. The second-order valence-electron chi connectivity index (χ2n) is 6.10. The Kier molecular flexibility index (Phi) is 4.50. The Morgan fingerprint density at radius 2 is 1.91 bits per heavy atom. The lowest BCUT2D eigenvalue weighted by atomic mass is 10.1. The number of carbonyl (C=O) groups is 2. The maximum absolute atomic E-state index is 13.8. The Morgan fingerprint density at radius 3 is 2.52 bits per heavy atom. The SMILES string of the molecule is CCN1CC(C(=O)N2CCN(c3ccccc3F)CC2)CC1=O. The highest BCUT2D eigenvalue weighted by atomic mass is 19.1. The standard InChI is InChI=1S/C17H22FN3O2/c1-2-19-12-13(11-16(19)22)17(23)21-9-7-20(8-10-21)15-6-4-3-5-14(15)18/h3-6,13H,2,7-12H2,1H3. The van der Waals surface area contributed by atoms with Crippen LogP contribution >= 0.6 is 0 Å². The van der Waals surface area contributed by atoms with E-state index in [9.17, 15) is 14.0 Å². The van der Waals surface area contributed by atoms with E-state index in [1.165, 1.54) is 6.07 Å². The van der Waals surface area contributed by atoms with E-state index in [-0.39, 0.29) is 23.5 Å². The number of likely N-dealkylation sites (tertiary alicyclic amines) is 1. The van der Waals surface area contributed by atoms with Crippen molar-refractivity contribution in [1.29, 1.82) is 0 Å². The van der Waals surface area contributed by atoms with Crippen LogP contribution in [0.3, 0.4) is 0 Å². The number of hydrogen-bond acceptors (Lipinski definition) is 3. The molecule has 0 spiro atoms. The summed E-state index contributed by atoms with van der Waals surface area (Å²) >= 11 is 0. The molecule has 5 nitrogen and oxygen atoms in total. The fraction of sp³-hybridized carbons (Fsp3) is 0.529. The number of halogens is 1. The summed E-state index contributed by atoms with van der Waals surface area (Å²) in [6.07, 6.45) is 0.320. The lowest BCUT2D eigenvalue weighted by Gasteiger charge is -2.37. The summed E-state index contributed by atoms with van der Waals surface area (Å²) in [6, 6.07) is 6.71. The predicted octanol–water partition coefficient (Wildman–Crippen LogP) is 1.34. The van der Waals surface area contributed by atoms with Crippen molar-refractivity contribution in [3.63, 3.8) is 0 Å². The third kappa shape index (κ3) is 3.16. The summed E-state index contributed by atoms with van der Waals surface area (Å²) in [7, 11) is 0. The molecular formula is C17H22FN3O2. The zero-order valence-corrected chi connectivity index (χ0v) is 13.4. The molecule has 2 saturated heterocycles. The molecule has 23 heavy (non-hydrogen) atoms. The van der Waals surface area contributed by atoms with Gasteiger partial charge in [-0.05, 0) is 19.1 Å². The van der Waals surface area contributed by atoms with Gasteiger partial charge in [-0.2, -0.15) is 0 Å².